The van der Waals surface area contributed by atoms with Crippen LogP contribution in [0.25, 0.3) is 0 Å². The Bertz CT molecular complexity index is 582. The number of hydrogen-bond acceptors (Lipinski definition) is 3. The number of alkyl halides is 1. The summed E-state index contributed by atoms with van der Waals surface area (Å²) in [7, 11) is -3.01. The number of sulfone groups is 1. The molecule has 0 aliphatic carbocycles. The highest BCUT2D eigenvalue weighted by molar-refractivity contribution is 7.91. The normalized spacial score (nSPS) is 10.7. The van der Waals surface area contributed by atoms with Gasteiger partial charge in [-0.3, -0.25) is 0 Å². The Morgan fingerprint density at radius 2 is 2.11 bits per heavy atom. The molecule has 0 N–H and O–H groups in total. The van der Waals surface area contributed by atoms with Gasteiger partial charge in [0, 0.05) is 5.75 Å². The van der Waals surface area contributed by atoms with Gasteiger partial charge in [-0.05, 0) is 24.6 Å². The summed E-state index contributed by atoms with van der Waals surface area (Å²) in [4.78, 5) is 0. The molecule has 0 amide bonds. The second kappa shape index (κ2) is 7.42. The summed E-state index contributed by atoms with van der Waals surface area (Å²) in [6.45, 7) is 3.71. The van der Waals surface area contributed by atoms with Gasteiger partial charge in [0.25, 0.3) is 0 Å². The third-order valence-electron chi connectivity index (χ3n) is 2.52. The molecule has 0 heterocycles. The quantitative estimate of drug-likeness (QED) is 0.619. The predicted molar refractivity (Wildman–Crippen MR) is 78.6 cm³/mol. The molecule has 3 nitrogen and oxygen atoms in total. The Hall–Kier alpha value is -1.18. The standard InChI is InChI=1S/C14H17ClO3S/c1-3-19(16,17)10-9-18-14-7-6-12(2)11-13(14)5-4-8-15/h6-7,11H,3,8-10H2,1-2H3. The van der Waals surface area contributed by atoms with Crippen molar-refractivity contribution in [3.63, 3.8) is 0 Å². The Labute approximate surface area is 119 Å². The molecule has 0 atom stereocenters. The highest BCUT2D eigenvalue weighted by atomic mass is 35.5. The summed E-state index contributed by atoms with van der Waals surface area (Å²) in [5.41, 5.74) is 1.79. The fourth-order valence-electron chi connectivity index (χ4n) is 1.42. The lowest BCUT2D eigenvalue weighted by molar-refractivity contribution is 0.340. The molecule has 0 unspecified atom stereocenters. The Balaban J connectivity index is 2.78. The summed E-state index contributed by atoms with van der Waals surface area (Å²) in [6, 6.07) is 5.59. The second-order valence-corrected chi connectivity index (χ2v) is 6.76. The van der Waals surface area contributed by atoms with Crippen molar-refractivity contribution < 1.29 is 13.2 Å². The molecule has 5 heteroatoms. The summed E-state index contributed by atoms with van der Waals surface area (Å²) in [5, 5.41) is 0. The van der Waals surface area contributed by atoms with Gasteiger partial charge in [0.05, 0.1) is 17.2 Å². The number of aryl methyl sites for hydroxylation is 1. The minimum atomic E-state index is -3.01. The molecule has 0 radical (unpaired) electrons. The lowest BCUT2D eigenvalue weighted by Crippen LogP contribution is -2.15. The van der Waals surface area contributed by atoms with Crippen LogP contribution in [0.1, 0.15) is 18.1 Å². The second-order valence-electron chi connectivity index (χ2n) is 4.02. The van der Waals surface area contributed by atoms with Crippen LogP contribution in [-0.4, -0.2) is 32.4 Å². The van der Waals surface area contributed by atoms with Crippen LogP contribution in [0.4, 0.5) is 0 Å². The fraction of sp³-hybridized carbons (Fsp3) is 0.429. The molecule has 0 aromatic heterocycles. The van der Waals surface area contributed by atoms with Gasteiger partial charge >= 0.3 is 0 Å². The van der Waals surface area contributed by atoms with Gasteiger partial charge in [0.2, 0.25) is 0 Å². The minimum absolute atomic E-state index is 0.0136. The zero-order valence-corrected chi connectivity index (χ0v) is 12.6. The van der Waals surface area contributed by atoms with E-state index in [4.69, 9.17) is 16.3 Å². The Morgan fingerprint density at radius 1 is 1.37 bits per heavy atom. The molecule has 1 rings (SSSR count). The average Bonchev–Trinajstić information content (AvgIpc) is 2.38. The minimum Gasteiger partial charge on any atom is -0.491 e. The van der Waals surface area contributed by atoms with Crippen molar-refractivity contribution in [1.82, 2.24) is 0 Å². The first kappa shape index (κ1) is 15.9. The van der Waals surface area contributed by atoms with Crippen LogP contribution in [0.3, 0.4) is 0 Å². The maximum atomic E-state index is 11.4. The number of halogens is 1. The number of ether oxygens (including phenoxy) is 1. The van der Waals surface area contributed by atoms with Crippen molar-refractivity contribution in [3.8, 4) is 17.6 Å². The molecule has 0 spiro atoms. The molecule has 0 aliphatic rings. The third kappa shape index (κ3) is 5.54. The molecule has 1 aromatic carbocycles. The van der Waals surface area contributed by atoms with E-state index in [2.05, 4.69) is 11.8 Å². The summed E-state index contributed by atoms with van der Waals surface area (Å²) in [6.07, 6.45) is 0. The van der Waals surface area contributed by atoms with E-state index >= 15 is 0 Å². The van der Waals surface area contributed by atoms with Crippen LogP contribution in [0.15, 0.2) is 18.2 Å². The van der Waals surface area contributed by atoms with Crippen LogP contribution < -0.4 is 4.74 Å². The first-order valence-corrected chi connectivity index (χ1v) is 8.33. The molecule has 0 saturated heterocycles. The topological polar surface area (TPSA) is 43.4 Å². The van der Waals surface area contributed by atoms with E-state index in [0.717, 1.165) is 11.1 Å². The zero-order chi connectivity index (χ0) is 14.3. The van der Waals surface area contributed by atoms with Gasteiger partial charge < -0.3 is 4.74 Å². The van der Waals surface area contributed by atoms with E-state index < -0.39 is 9.84 Å². The van der Waals surface area contributed by atoms with Crippen LogP contribution in [0, 0.1) is 18.8 Å². The van der Waals surface area contributed by atoms with Gasteiger partial charge in [-0.15, -0.1) is 11.6 Å². The molecule has 0 bridgehead atoms. The maximum Gasteiger partial charge on any atom is 0.153 e. The van der Waals surface area contributed by atoms with Gasteiger partial charge in [0.15, 0.2) is 9.84 Å². The molecule has 0 fully saturated rings. The van der Waals surface area contributed by atoms with Crippen molar-refractivity contribution in [2.75, 3.05) is 24.0 Å². The van der Waals surface area contributed by atoms with Gasteiger partial charge in [-0.25, -0.2) is 8.42 Å². The highest BCUT2D eigenvalue weighted by Gasteiger charge is 2.08. The van der Waals surface area contributed by atoms with Crippen LogP contribution in [-0.2, 0) is 9.84 Å². The van der Waals surface area contributed by atoms with Crippen LogP contribution in [0.2, 0.25) is 0 Å². The number of benzene rings is 1. The Kier molecular flexibility index (Phi) is 6.20. The summed E-state index contributed by atoms with van der Waals surface area (Å²) in [5.74, 6) is 6.66. The first-order chi connectivity index (χ1) is 8.98. The maximum absolute atomic E-state index is 11.4. The van der Waals surface area contributed by atoms with Gasteiger partial charge in [-0.2, -0.15) is 0 Å². The lowest BCUT2D eigenvalue weighted by atomic mass is 10.1. The summed E-state index contributed by atoms with van der Waals surface area (Å²) < 4.78 is 28.3. The monoisotopic (exact) mass is 300 g/mol. The van der Waals surface area contributed by atoms with Crippen molar-refractivity contribution in [3.05, 3.63) is 29.3 Å². The van der Waals surface area contributed by atoms with Crippen LogP contribution >= 0.6 is 11.6 Å². The average molecular weight is 301 g/mol. The predicted octanol–water partition coefficient (Wildman–Crippen LogP) is 2.40. The lowest BCUT2D eigenvalue weighted by Gasteiger charge is -2.09. The zero-order valence-electron chi connectivity index (χ0n) is 11.1. The number of rotatable bonds is 5. The molecular weight excluding hydrogens is 284 g/mol. The van der Waals surface area contributed by atoms with Gasteiger partial charge in [0.1, 0.15) is 12.4 Å². The molecule has 0 saturated carbocycles. The van der Waals surface area contributed by atoms with Gasteiger partial charge in [-0.1, -0.05) is 24.8 Å². The summed E-state index contributed by atoms with van der Waals surface area (Å²) >= 11 is 5.53. The van der Waals surface area contributed by atoms with E-state index in [1.807, 2.05) is 19.1 Å². The molecule has 104 valence electrons. The smallest absolute Gasteiger partial charge is 0.153 e. The van der Waals surface area contributed by atoms with E-state index in [0.29, 0.717) is 5.75 Å². The van der Waals surface area contributed by atoms with E-state index in [-0.39, 0.29) is 24.0 Å². The molecule has 1 aromatic rings. The highest BCUT2D eigenvalue weighted by Crippen LogP contribution is 2.19. The van der Waals surface area contributed by atoms with E-state index in [9.17, 15) is 8.42 Å². The number of hydrogen-bond donors (Lipinski definition) is 0. The van der Waals surface area contributed by atoms with Crippen molar-refractivity contribution in [1.29, 1.82) is 0 Å². The van der Waals surface area contributed by atoms with Crippen molar-refractivity contribution in [2.45, 2.75) is 13.8 Å². The first-order valence-electron chi connectivity index (χ1n) is 5.97. The van der Waals surface area contributed by atoms with Crippen LogP contribution in [0.5, 0.6) is 5.75 Å². The third-order valence-corrected chi connectivity index (χ3v) is 4.32. The molecule has 19 heavy (non-hydrogen) atoms. The molecule has 0 aliphatic heterocycles. The van der Waals surface area contributed by atoms with E-state index in [1.54, 1.807) is 13.0 Å². The SMILES string of the molecule is CCS(=O)(=O)CCOc1ccc(C)cc1C#CCCl. The molecular formula is C14H17ClO3S. The largest absolute Gasteiger partial charge is 0.491 e. The van der Waals surface area contributed by atoms with Crippen molar-refractivity contribution >= 4 is 21.4 Å². The fourth-order valence-corrected chi connectivity index (χ4v) is 2.11. The van der Waals surface area contributed by atoms with E-state index in [1.165, 1.54) is 0 Å². The Morgan fingerprint density at radius 3 is 2.74 bits per heavy atom. The van der Waals surface area contributed by atoms with Crippen molar-refractivity contribution in [2.24, 2.45) is 0 Å².